The molecule has 1 saturated heterocycles. The number of para-hydroxylation sites is 1. The molecule has 0 atom stereocenters. The normalized spacial score (nSPS) is 16.5. The average molecular weight is 206 g/mol. The molecule has 1 aromatic rings. The molecule has 1 fully saturated rings. The lowest BCUT2D eigenvalue weighted by Crippen LogP contribution is -2.48. The molecule has 1 amide bonds. The molecule has 1 aliphatic rings. The standard InChI is InChI=1S/C11H14N2O2/c14-11(15)13-8-6-12(7-9-13)10-4-2-1-3-5-10/h1-5H,6-9H2,(H,14,15). The number of piperazine rings is 1. The quantitative estimate of drug-likeness (QED) is 0.757. The van der Waals surface area contributed by atoms with Crippen LogP contribution in [0.25, 0.3) is 0 Å². The van der Waals surface area contributed by atoms with Gasteiger partial charge in [0.15, 0.2) is 0 Å². The van der Waals surface area contributed by atoms with Crippen molar-refractivity contribution in [3.05, 3.63) is 30.3 Å². The molecule has 4 nitrogen and oxygen atoms in total. The minimum atomic E-state index is -0.817. The zero-order chi connectivity index (χ0) is 10.7. The van der Waals surface area contributed by atoms with Gasteiger partial charge in [0.05, 0.1) is 0 Å². The van der Waals surface area contributed by atoms with Crippen LogP contribution >= 0.6 is 0 Å². The van der Waals surface area contributed by atoms with Gasteiger partial charge < -0.3 is 14.9 Å². The second-order valence-corrected chi connectivity index (χ2v) is 3.59. The van der Waals surface area contributed by atoms with Crippen LogP contribution in [0.2, 0.25) is 0 Å². The molecule has 1 N–H and O–H groups in total. The van der Waals surface area contributed by atoms with Crippen LogP contribution in [0.15, 0.2) is 30.3 Å². The van der Waals surface area contributed by atoms with Gasteiger partial charge in [0.1, 0.15) is 0 Å². The highest BCUT2D eigenvalue weighted by Gasteiger charge is 2.19. The van der Waals surface area contributed by atoms with Crippen molar-refractivity contribution >= 4 is 11.8 Å². The zero-order valence-corrected chi connectivity index (χ0v) is 8.47. The smallest absolute Gasteiger partial charge is 0.407 e. The summed E-state index contributed by atoms with van der Waals surface area (Å²) in [5.41, 5.74) is 1.17. The fraction of sp³-hybridized carbons (Fsp3) is 0.364. The largest absolute Gasteiger partial charge is 0.465 e. The Kier molecular flexibility index (Phi) is 2.76. The van der Waals surface area contributed by atoms with Gasteiger partial charge in [0.25, 0.3) is 0 Å². The highest BCUT2D eigenvalue weighted by Crippen LogP contribution is 2.15. The Morgan fingerprint density at radius 3 is 2.20 bits per heavy atom. The molecule has 0 aromatic heterocycles. The summed E-state index contributed by atoms with van der Waals surface area (Å²) >= 11 is 0. The van der Waals surface area contributed by atoms with E-state index in [2.05, 4.69) is 17.0 Å². The Morgan fingerprint density at radius 1 is 1.07 bits per heavy atom. The number of anilines is 1. The lowest BCUT2D eigenvalue weighted by molar-refractivity contribution is 0.142. The van der Waals surface area contributed by atoms with E-state index >= 15 is 0 Å². The van der Waals surface area contributed by atoms with Crippen molar-refractivity contribution in [1.82, 2.24) is 4.90 Å². The number of benzene rings is 1. The van der Waals surface area contributed by atoms with Crippen molar-refractivity contribution in [1.29, 1.82) is 0 Å². The van der Waals surface area contributed by atoms with Crippen LogP contribution in [0.3, 0.4) is 0 Å². The van der Waals surface area contributed by atoms with E-state index in [1.807, 2.05) is 18.2 Å². The van der Waals surface area contributed by atoms with E-state index in [9.17, 15) is 4.79 Å². The van der Waals surface area contributed by atoms with Crippen LogP contribution < -0.4 is 4.90 Å². The van der Waals surface area contributed by atoms with E-state index in [0.717, 1.165) is 13.1 Å². The number of carbonyl (C=O) groups is 1. The van der Waals surface area contributed by atoms with Crippen LogP contribution in [0.1, 0.15) is 0 Å². The Labute approximate surface area is 88.7 Å². The molecular weight excluding hydrogens is 192 g/mol. The van der Waals surface area contributed by atoms with Crippen molar-refractivity contribution in [3.8, 4) is 0 Å². The van der Waals surface area contributed by atoms with Gasteiger partial charge in [-0.15, -0.1) is 0 Å². The van der Waals surface area contributed by atoms with Crippen molar-refractivity contribution in [3.63, 3.8) is 0 Å². The molecule has 2 rings (SSSR count). The Balaban J connectivity index is 1.97. The topological polar surface area (TPSA) is 43.8 Å². The number of hydrogen-bond acceptors (Lipinski definition) is 2. The minimum absolute atomic E-state index is 0.588. The highest BCUT2D eigenvalue weighted by atomic mass is 16.4. The number of hydrogen-bond donors (Lipinski definition) is 1. The van der Waals surface area contributed by atoms with E-state index in [-0.39, 0.29) is 0 Å². The predicted octanol–water partition coefficient (Wildman–Crippen LogP) is 1.49. The Morgan fingerprint density at radius 2 is 1.67 bits per heavy atom. The van der Waals surface area contributed by atoms with E-state index in [4.69, 9.17) is 5.11 Å². The van der Waals surface area contributed by atoms with Crippen LogP contribution in [0, 0.1) is 0 Å². The van der Waals surface area contributed by atoms with Crippen molar-refractivity contribution in [2.24, 2.45) is 0 Å². The first-order valence-corrected chi connectivity index (χ1v) is 5.05. The van der Waals surface area contributed by atoms with E-state index < -0.39 is 6.09 Å². The lowest BCUT2D eigenvalue weighted by atomic mass is 10.2. The third-order valence-corrected chi connectivity index (χ3v) is 2.67. The van der Waals surface area contributed by atoms with Gasteiger partial charge in [0, 0.05) is 31.9 Å². The molecule has 0 radical (unpaired) electrons. The summed E-state index contributed by atoms with van der Waals surface area (Å²) < 4.78 is 0. The maximum Gasteiger partial charge on any atom is 0.407 e. The number of nitrogens with zero attached hydrogens (tertiary/aromatic N) is 2. The van der Waals surface area contributed by atoms with Gasteiger partial charge in [-0.25, -0.2) is 4.79 Å². The minimum Gasteiger partial charge on any atom is -0.465 e. The summed E-state index contributed by atoms with van der Waals surface area (Å²) in [7, 11) is 0. The maximum atomic E-state index is 10.7. The second kappa shape index (κ2) is 4.21. The van der Waals surface area contributed by atoms with Gasteiger partial charge in [-0.1, -0.05) is 18.2 Å². The summed E-state index contributed by atoms with van der Waals surface area (Å²) in [5.74, 6) is 0. The fourth-order valence-electron chi connectivity index (χ4n) is 1.79. The SMILES string of the molecule is O=C(O)N1CCN(c2ccccc2)CC1. The highest BCUT2D eigenvalue weighted by molar-refractivity contribution is 5.65. The molecule has 1 aromatic carbocycles. The maximum absolute atomic E-state index is 10.7. The molecule has 1 aliphatic heterocycles. The van der Waals surface area contributed by atoms with Crippen LogP contribution in [-0.2, 0) is 0 Å². The van der Waals surface area contributed by atoms with Crippen LogP contribution in [0.5, 0.6) is 0 Å². The summed E-state index contributed by atoms with van der Waals surface area (Å²) in [6.07, 6.45) is -0.817. The van der Waals surface area contributed by atoms with E-state index in [1.54, 1.807) is 0 Å². The molecular formula is C11H14N2O2. The third kappa shape index (κ3) is 2.21. The first-order valence-electron chi connectivity index (χ1n) is 5.05. The predicted molar refractivity (Wildman–Crippen MR) is 58.3 cm³/mol. The summed E-state index contributed by atoms with van der Waals surface area (Å²) in [6, 6.07) is 10.1. The van der Waals surface area contributed by atoms with Gasteiger partial charge in [-0.05, 0) is 12.1 Å². The molecule has 1 heterocycles. The number of carboxylic acid groups (broad SMARTS) is 1. The van der Waals surface area contributed by atoms with Gasteiger partial charge in [0.2, 0.25) is 0 Å². The summed E-state index contributed by atoms with van der Waals surface area (Å²) in [4.78, 5) is 14.4. The van der Waals surface area contributed by atoms with Gasteiger partial charge in [-0.3, -0.25) is 0 Å². The second-order valence-electron chi connectivity index (χ2n) is 3.59. The van der Waals surface area contributed by atoms with Crippen LogP contribution in [0.4, 0.5) is 10.5 Å². The van der Waals surface area contributed by atoms with Gasteiger partial charge >= 0.3 is 6.09 Å². The number of amides is 1. The molecule has 80 valence electrons. The first kappa shape index (κ1) is 9.83. The van der Waals surface area contributed by atoms with Gasteiger partial charge in [-0.2, -0.15) is 0 Å². The van der Waals surface area contributed by atoms with E-state index in [0.29, 0.717) is 13.1 Å². The van der Waals surface area contributed by atoms with Crippen molar-refractivity contribution in [2.45, 2.75) is 0 Å². The summed E-state index contributed by atoms with van der Waals surface area (Å²) in [6.45, 7) is 2.72. The zero-order valence-electron chi connectivity index (χ0n) is 8.47. The monoisotopic (exact) mass is 206 g/mol. The third-order valence-electron chi connectivity index (χ3n) is 2.67. The fourth-order valence-corrected chi connectivity index (χ4v) is 1.79. The van der Waals surface area contributed by atoms with Crippen LogP contribution in [-0.4, -0.2) is 42.3 Å². The Bertz CT molecular complexity index is 332. The number of rotatable bonds is 1. The molecule has 15 heavy (non-hydrogen) atoms. The first-order chi connectivity index (χ1) is 7.27. The van der Waals surface area contributed by atoms with Crippen molar-refractivity contribution < 1.29 is 9.90 Å². The molecule has 0 unspecified atom stereocenters. The van der Waals surface area contributed by atoms with Crippen molar-refractivity contribution in [2.75, 3.05) is 31.1 Å². The lowest BCUT2D eigenvalue weighted by Gasteiger charge is -2.34. The average Bonchev–Trinajstić information content (AvgIpc) is 2.30. The molecule has 0 spiro atoms. The Hall–Kier alpha value is -1.71. The van der Waals surface area contributed by atoms with E-state index in [1.165, 1.54) is 10.6 Å². The summed E-state index contributed by atoms with van der Waals surface area (Å²) in [5, 5.41) is 8.80. The molecule has 4 heteroatoms. The molecule has 0 bridgehead atoms. The molecule has 0 aliphatic carbocycles. The molecule has 0 saturated carbocycles.